The predicted octanol–water partition coefficient (Wildman–Crippen LogP) is -1.71. The summed E-state index contributed by atoms with van der Waals surface area (Å²) in [4.78, 5) is 12.5. The van der Waals surface area contributed by atoms with Gasteiger partial charge in [0.15, 0.2) is 0 Å². The maximum absolute atomic E-state index is 10.8. The Hall–Kier alpha value is -0.650. The first-order valence-corrected chi connectivity index (χ1v) is 4.40. The van der Waals surface area contributed by atoms with Crippen molar-refractivity contribution in [1.82, 2.24) is 4.90 Å². The molecule has 5 nitrogen and oxygen atoms in total. The first kappa shape index (κ1) is 10.4. The lowest BCUT2D eigenvalue weighted by molar-refractivity contribution is -0.125. The zero-order valence-corrected chi connectivity index (χ0v) is 7.68. The van der Waals surface area contributed by atoms with Crippen molar-refractivity contribution in [2.45, 2.75) is 31.6 Å². The first-order valence-electron chi connectivity index (χ1n) is 4.40. The Labute approximate surface area is 77.1 Å². The van der Waals surface area contributed by atoms with Crippen LogP contribution in [0.1, 0.15) is 13.3 Å². The number of carbonyl (C=O) groups is 1. The number of primary amides is 1. The normalized spacial score (nSPS) is 32.8. The van der Waals surface area contributed by atoms with Crippen LogP contribution >= 0.6 is 0 Å². The minimum Gasteiger partial charge on any atom is -0.392 e. The molecule has 4 N–H and O–H groups in total. The molecule has 1 unspecified atom stereocenters. The van der Waals surface area contributed by atoms with Crippen LogP contribution < -0.4 is 5.73 Å². The number of amides is 1. The Morgan fingerprint density at radius 3 is 2.31 bits per heavy atom. The van der Waals surface area contributed by atoms with Gasteiger partial charge in [-0.05, 0) is 6.92 Å². The minimum atomic E-state index is -0.564. The van der Waals surface area contributed by atoms with E-state index in [-0.39, 0.29) is 0 Å². The Bertz CT molecular complexity index is 188. The second-order valence-electron chi connectivity index (χ2n) is 3.58. The Morgan fingerprint density at radius 2 is 1.92 bits per heavy atom. The molecule has 0 bridgehead atoms. The maximum atomic E-state index is 10.8. The summed E-state index contributed by atoms with van der Waals surface area (Å²) in [6.07, 6.45) is -0.752. The zero-order chi connectivity index (χ0) is 10.0. The second kappa shape index (κ2) is 4.04. The third-order valence-corrected chi connectivity index (χ3v) is 2.39. The molecule has 1 aliphatic rings. The van der Waals surface area contributed by atoms with Crippen molar-refractivity contribution < 1.29 is 15.0 Å². The highest BCUT2D eigenvalue weighted by Gasteiger charge is 2.29. The lowest BCUT2D eigenvalue weighted by atomic mass is 10.0. The number of aliphatic hydroxyl groups is 2. The Morgan fingerprint density at radius 1 is 1.46 bits per heavy atom. The lowest BCUT2D eigenvalue weighted by Crippen LogP contribution is -2.53. The van der Waals surface area contributed by atoms with Gasteiger partial charge in [-0.15, -0.1) is 0 Å². The Balaban J connectivity index is 2.54. The van der Waals surface area contributed by atoms with Crippen LogP contribution in [-0.2, 0) is 4.79 Å². The quantitative estimate of drug-likeness (QED) is 0.481. The van der Waals surface area contributed by atoms with Crippen LogP contribution in [0.25, 0.3) is 0 Å². The summed E-state index contributed by atoms with van der Waals surface area (Å²) in [6.45, 7) is 2.48. The highest BCUT2D eigenvalue weighted by Crippen LogP contribution is 2.13. The third-order valence-electron chi connectivity index (χ3n) is 2.39. The van der Waals surface area contributed by atoms with Crippen LogP contribution in [-0.4, -0.2) is 52.4 Å². The molecule has 0 aliphatic carbocycles. The van der Waals surface area contributed by atoms with Gasteiger partial charge in [-0.3, -0.25) is 9.69 Å². The van der Waals surface area contributed by atoms with E-state index in [1.54, 1.807) is 11.8 Å². The molecule has 0 aromatic carbocycles. The van der Waals surface area contributed by atoms with Gasteiger partial charge in [0.05, 0.1) is 18.2 Å². The fourth-order valence-corrected chi connectivity index (χ4v) is 1.58. The largest absolute Gasteiger partial charge is 0.392 e. The summed E-state index contributed by atoms with van der Waals surface area (Å²) in [5, 5.41) is 18.7. The Kier molecular flexibility index (Phi) is 3.24. The van der Waals surface area contributed by atoms with Gasteiger partial charge in [0.2, 0.25) is 5.91 Å². The van der Waals surface area contributed by atoms with E-state index in [0.717, 1.165) is 0 Å². The molecule has 0 aromatic rings. The summed E-state index contributed by atoms with van der Waals surface area (Å²) in [6, 6.07) is -0.426. The molecular formula is C8H16N2O3. The molecule has 1 aliphatic heterocycles. The molecule has 1 rings (SSSR count). The molecule has 1 heterocycles. The van der Waals surface area contributed by atoms with E-state index in [1.165, 1.54) is 0 Å². The van der Waals surface area contributed by atoms with Gasteiger partial charge in [0.25, 0.3) is 0 Å². The van der Waals surface area contributed by atoms with E-state index < -0.39 is 24.2 Å². The number of hydrogen-bond donors (Lipinski definition) is 3. The van der Waals surface area contributed by atoms with E-state index >= 15 is 0 Å². The van der Waals surface area contributed by atoms with E-state index in [4.69, 9.17) is 5.73 Å². The molecule has 1 fully saturated rings. The van der Waals surface area contributed by atoms with Crippen LogP contribution in [0, 0.1) is 0 Å². The molecule has 3 atom stereocenters. The van der Waals surface area contributed by atoms with E-state index in [1.807, 2.05) is 0 Å². The van der Waals surface area contributed by atoms with E-state index in [0.29, 0.717) is 19.5 Å². The van der Waals surface area contributed by atoms with Gasteiger partial charge in [0, 0.05) is 19.5 Å². The summed E-state index contributed by atoms with van der Waals surface area (Å²) in [5.74, 6) is -0.429. The molecule has 13 heavy (non-hydrogen) atoms. The lowest BCUT2D eigenvalue weighted by Gasteiger charge is -2.35. The maximum Gasteiger partial charge on any atom is 0.234 e. The van der Waals surface area contributed by atoms with Crippen LogP contribution in [0.2, 0.25) is 0 Å². The zero-order valence-electron chi connectivity index (χ0n) is 7.68. The van der Waals surface area contributed by atoms with Crippen molar-refractivity contribution in [3.63, 3.8) is 0 Å². The SMILES string of the molecule is CC(C(N)=O)N1C[C@H](O)C[C@H](O)C1. The van der Waals surface area contributed by atoms with Crippen molar-refractivity contribution >= 4 is 5.91 Å². The van der Waals surface area contributed by atoms with Crippen molar-refractivity contribution in [2.75, 3.05) is 13.1 Å². The number of piperidine rings is 1. The average Bonchev–Trinajstić information content (AvgIpc) is 2.01. The number of likely N-dealkylation sites (tertiary alicyclic amines) is 1. The molecule has 0 aromatic heterocycles. The highest BCUT2D eigenvalue weighted by molar-refractivity contribution is 5.79. The number of nitrogens with two attached hydrogens (primary N) is 1. The van der Waals surface area contributed by atoms with Crippen LogP contribution in [0.4, 0.5) is 0 Å². The summed E-state index contributed by atoms with van der Waals surface area (Å²) >= 11 is 0. The van der Waals surface area contributed by atoms with Crippen molar-refractivity contribution in [1.29, 1.82) is 0 Å². The topological polar surface area (TPSA) is 86.8 Å². The fraction of sp³-hybridized carbons (Fsp3) is 0.875. The molecule has 5 heteroatoms. The monoisotopic (exact) mass is 188 g/mol. The minimum absolute atomic E-state index is 0.377. The summed E-state index contributed by atoms with van der Waals surface area (Å²) in [7, 11) is 0. The molecule has 1 saturated heterocycles. The van der Waals surface area contributed by atoms with E-state index in [9.17, 15) is 15.0 Å². The van der Waals surface area contributed by atoms with Gasteiger partial charge in [0.1, 0.15) is 0 Å². The van der Waals surface area contributed by atoms with Crippen LogP contribution in [0.3, 0.4) is 0 Å². The van der Waals surface area contributed by atoms with Crippen molar-refractivity contribution in [3.05, 3.63) is 0 Å². The summed E-state index contributed by atoms with van der Waals surface area (Å²) in [5.41, 5.74) is 5.11. The van der Waals surface area contributed by atoms with Gasteiger partial charge in [-0.1, -0.05) is 0 Å². The number of nitrogens with zero attached hydrogens (tertiary/aromatic N) is 1. The molecule has 76 valence electrons. The molecule has 0 saturated carbocycles. The number of β-amino-alcohol motifs (C(OH)–C–C–N with tert-alkyl or cyclic N) is 2. The van der Waals surface area contributed by atoms with Crippen LogP contribution in [0.15, 0.2) is 0 Å². The second-order valence-corrected chi connectivity index (χ2v) is 3.58. The molecule has 0 spiro atoms. The predicted molar refractivity (Wildman–Crippen MR) is 46.9 cm³/mol. The van der Waals surface area contributed by atoms with Crippen molar-refractivity contribution in [2.24, 2.45) is 5.73 Å². The van der Waals surface area contributed by atoms with Gasteiger partial charge < -0.3 is 15.9 Å². The summed E-state index contributed by atoms with van der Waals surface area (Å²) < 4.78 is 0. The van der Waals surface area contributed by atoms with Gasteiger partial charge in [-0.25, -0.2) is 0 Å². The third kappa shape index (κ3) is 2.65. The fourth-order valence-electron chi connectivity index (χ4n) is 1.58. The van der Waals surface area contributed by atoms with Gasteiger partial charge in [-0.2, -0.15) is 0 Å². The standard InChI is InChI=1S/C8H16N2O3/c1-5(8(9)13)10-3-6(11)2-7(12)4-10/h5-7,11-12H,2-4H2,1H3,(H2,9,13)/t5?,6-,7+. The number of rotatable bonds is 2. The molecule has 1 amide bonds. The van der Waals surface area contributed by atoms with Gasteiger partial charge >= 0.3 is 0 Å². The van der Waals surface area contributed by atoms with Crippen LogP contribution in [0.5, 0.6) is 0 Å². The average molecular weight is 188 g/mol. The molecule has 0 radical (unpaired) electrons. The molecular weight excluding hydrogens is 172 g/mol. The van der Waals surface area contributed by atoms with Crippen molar-refractivity contribution in [3.8, 4) is 0 Å². The number of aliphatic hydroxyl groups excluding tert-OH is 2. The number of hydrogen-bond acceptors (Lipinski definition) is 4. The number of carbonyl (C=O) groups excluding carboxylic acids is 1. The van der Waals surface area contributed by atoms with E-state index in [2.05, 4.69) is 0 Å². The highest BCUT2D eigenvalue weighted by atomic mass is 16.3. The first-order chi connectivity index (χ1) is 6.00. The smallest absolute Gasteiger partial charge is 0.234 e.